The molecule has 108 valence electrons. The van der Waals surface area contributed by atoms with Crippen LogP contribution in [0.3, 0.4) is 0 Å². The molecule has 0 aromatic carbocycles. The van der Waals surface area contributed by atoms with E-state index in [1.165, 1.54) is 0 Å². The summed E-state index contributed by atoms with van der Waals surface area (Å²) in [6.07, 6.45) is -0.412. The van der Waals surface area contributed by atoms with Crippen molar-refractivity contribution in [3.8, 4) is 0 Å². The van der Waals surface area contributed by atoms with Crippen LogP contribution in [0.1, 0.15) is 19.3 Å². The van der Waals surface area contributed by atoms with E-state index in [1.54, 1.807) is 0 Å². The average molecular weight is 292 g/mol. The number of rotatable bonds is 9. The van der Waals surface area contributed by atoms with Gasteiger partial charge in [-0.05, 0) is 6.42 Å². The second-order valence-electron chi connectivity index (χ2n) is 3.83. The maximum absolute atomic E-state index is 11.3. The zero-order chi connectivity index (χ0) is 15.0. The Bertz CT molecular complexity index is 373. The van der Waals surface area contributed by atoms with Crippen molar-refractivity contribution in [1.29, 1.82) is 0 Å². The van der Waals surface area contributed by atoms with Crippen molar-refractivity contribution >= 4 is 34.6 Å². The molecule has 0 radical (unpaired) electrons. The van der Waals surface area contributed by atoms with Gasteiger partial charge in [-0.15, -0.1) is 0 Å². The second-order valence-corrected chi connectivity index (χ2v) is 4.86. The lowest BCUT2D eigenvalue weighted by Crippen LogP contribution is -2.33. The van der Waals surface area contributed by atoms with Crippen LogP contribution in [0.5, 0.6) is 0 Å². The Morgan fingerprint density at radius 1 is 1.00 bits per heavy atom. The van der Waals surface area contributed by atoms with E-state index in [0.29, 0.717) is 11.8 Å². The third-order valence-electron chi connectivity index (χ3n) is 2.14. The maximum atomic E-state index is 11.3. The Balaban J connectivity index is 3.87. The molecule has 0 aromatic heterocycles. The highest BCUT2D eigenvalue weighted by molar-refractivity contribution is 8.14. The van der Waals surface area contributed by atoms with E-state index >= 15 is 0 Å². The van der Waals surface area contributed by atoms with Gasteiger partial charge < -0.3 is 21.7 Å². The summed E-state index contributed by atoms with van der Waals surface area (Å²) in [6.45, 7) is 0. The smallest absolute Gasteiger partial charge is 0.320 e. The second kappa shape index (κ2) is 8.62. The molecule has 0 aliphatic carbocycles. The van der Waals surface area contributed by atoms with Gasteiger partial charge >= 0.3 is 11.9 Å². The van der Waals surface area contributed by atoms with Gasteiger partial charge in [-0.3, -0.25) is 19.2 Å². The summed E-state index contributed by atoms with van der Waals surface area (Å²) in [5, 5.41) is 16.6. The molecule has 0 fully saturated rings. The predicted molar refractivity (Wildman–Crippen MR) is 67.5 cm³/mol. The number of carbonyl (C=O) groups is 4. The van der Waals surface area contributed by atoms with Crippen LogP contribution in [-0.4, -0.2) is 50.9 Å². The largest absolute Gasteiger partial charge is 0.480 e. The fourth-order valence-corrected chi connectivity index (χ4v) is 1.72. The number of thioether (sulfide) groups is 1. The molecule has 0 rings (SSSR count). The monoisotopic (exact) mass is 292 g/mol. The highest BCUT2D eigenvalue weighted by Crippen LogP contribution is 2.10. The van der Waals surface area contributed by atoms with Crippen LogP contribution in [0.4, 0.5) is 0 Å². The number of carboxylic acids is 2. The molecule has 19 heavy (non-hydrogen) atoms. The van der Waals surface area contributed by atoms with Crippen LogP contribution in [0.25, 0.3) is 0 Å². The highest BCUT2D eigenvalue weighted by atomic mass is 32.2. The zero-order valence-electron chi connectivity index (χ0n) is 10.1. The number of Topliss-reactive ketones (excluding diaryl/α,β-unsaturated/α-hetero) is 1. The topological polar surface area (TPSA) is 161 Å². The van der Waals surface area contributed by atoms with Gasteiger partial charge in [0.1, 0.15) is 17.9 Å². The molecule has 0 amide bonds. The molecule has 0 heterocycles. The van der Waals surface area contributed by atoms with E-state index in [1.807, 2.05) is 0 Å². The van der Waals surface area contributed by atoms with E-state index in [2.05, 4.69) is 0 Å². The van der Waals surface area contributed by atoms with E-state index < -0.39 is 29.8 Å². The summed E-state index contributed by atoms with van der Waals surface area (Å²) in [4.78, 5) is 43.4. The minimum absolute atomic E-state index is 0.00992. The average Bonchev–Trinajstić information content (AvgIpc) is 2.32. The van der Waals surface area contributed by atoms with Gasteiger partial charge in [0.2, 0.25) is 0 Å². The molecular weight excluding hydrogens is 276 g/mol. The van der Waals surface area contributed by atoms with Crippen molar-refractivity contribution < 1.29 is 29.4 Å². The van der Waals surface area contributed by atoms with Crippen molar-refractivity contribution in [2.75, 3.05) is 5.75 Å². The lowest BCUT2D eigenvalue weighted by atomic mass is 10.2. The summed E-state index contributed by atoms with van der Waals surface area (Å²) < 4.78 is 0. The van der Waals surface area contributed by atoms with Crippen LogP contribution in [0.2, 0.25) is 0 Å². The molecule has 0 bridgehead atoms. The number of aliphatic carboxylic acids is 2. The Hall–Kier alpha value is -1.45. The SMILES string of the molecule is N[C@@H](CCC(=O)SCC(=O)C[C@H](N)C(=O)O)C(=O)O. The summed E-state index contributed by atoms with van der Waals surface area (Å²) >= 11 is 0.707. The standard InChI is InChI=1S/C10H16N2O6S/c11-6(9(15)16)1-2-8(14)19-4-5(13)3-7(12)10(17)18/h6-7H,1-4,11-12H2,(H,15,16)(H,17,18)/t6-,7-/m0/s1. The minimum Gasteiger partial charge on any atom is -0.480 e. The molecule has 0 aromatic rings. The van der Waals surface area contributed by atoms with Gasteiger partial charge in [0.05, 0.1) is 5.75 Å². The van der Waals surface area contributed by atoms with Gasteiger partial charge in [0.25, 0.3) is 0 Å². The molecule has 9 heteroatoms. The summed E-state index contributed by atoms with van der Waals surface area (Å²) in [7, 11) is 0. The molecule has 2 atom stereocenters. The van der Waals surface area contributed by atoms with Gasteiger partial charge in [0.15, 0.2) is 5.12 Å². The first-order chi connectivity index (χ1) is 8.73. The first-order valence-electron chi connectivity index (χ1n) is 5.38. The molecule has 8 nitrogen and oxygen atoms in total. The Labute approximate surface area is 113 Å². The van der Waals surface area contributed by atoms with Crippen LogP contribution in [-0.2, 0) is 19.2 Å². The fourth-order valence-electron chi connectivity index (χ4n) is 1.02. The summed E-state index contributed by atoms with van der Waals surface area (Å²) in [5.41, 5.74) is 10.4. The Morgan fingerprint density at radius 3 is 2.00 bits per heavy atom. The van der Waals surface area contributed by atoms with E-state index in [-0.39, 0.29) is 30.1 Å². The molecular formula is C10H16N2O6S. The lowest BCUT2D eigenvalue weighted by molar-refractivity contribution is -0.140. The lowest BCUT2D eigenvalue weighted by Gasteiger charge is -2.06. The number of hydrogen-bond donors (Lipinski definition) is 4. The third kappa shape index (κ3) is 8.30. The normalized spacial score (nSPS) is 13.6. The minimum atomic E-state index is -1.28. The molecule has 6 N–H and O–H groups in total. The van der Waals surface area contributed by atoms with E-state index in [4.69, 9.17) is 21.7 Å². The molecule has 0 spiro atoms. The van der Waals surface area contributed by atoms with Crippen LogP contribution in [0.15, 0.2) is 0 Å². The predicted octanol–water partition coefficient (Wildman–Crippen LogP) is -1.19. The van der Waals surface area contributed by atoms with E-state index in [0.717, 1.165) is 0 Å². The first kappa shape index (κ1) is 17.6. The molecule has 0 aliphatic heterocycles. The van der Waals surface area contributed by atoms with Crippen LogP contribution >= 0.6 is 11.8 Å². The summed E-state index contributed by atoms with van der Waals surface area (Å²) in [5.74, 6) is -3.10. The quantitative estimate of drug-likeness (QED) is 0.409. The number of ketones is 1. The van der Waals surface area contributed by atoms with Crippen LogP contribution < -0.4 is 11.5 Å². The highest BCUT2D eigenvalue weighted by Gasteiger charge is 2.18. The van der Waals surface area contributed by atoms with Crippen molar-refractivity contribution in [3.05, 3.63) is 0 Å². The number of carboxylic acid groups (broad SMARTS) is 2. The molecule has 0 unspecified atom stereocenters. The van der Waals surface area contributed by atoms with Gasteiger partial charge in [-0.1, -0.05) is 11.8 Å². The number of carbonyl (C=O) groups excluding carboxylic acids is 2. The van der Waals surface area contributed by atoms with Crippen molar-refractivity contribution in [1.82, 2.24) is 0 Å². The van der Waals surface area contributed by atoms with Crippen molar-refractivity contribution in [2.24, 2.45) is 11.5 Å². The Kier molecular flexibility index (Phi) is 7.96. The van der Waals surface area contributed by atoms with Crippen molar-refractivity contribution in [3.63, 3.8) is 0 Å². The van der Waals surface area contributed by atoms with Gasteiger partial charge in [0, 0.05) is 12.8 Å². The third-order valence-corrected chi connectivity index (χ3v) is 3.13. The number of nitrogens with two attached hydrogens (primary N) is 2. The molecule has 0 aliphatic rings. The van der Waals surface area contributed by atoms with Crippen LogP contribution in [0, 0.1) is 0 Å². The molecule has 0 saturated heterocycles. The fraction of sp³-hybridized carbons (Fsp3) is 0.600. The summed E-state index contributed by atoms with van der Waals surface area (Å²) in [6, 6.07) is -2.38. The van der Waals surface area contributed by atoms with Gasteiger partial charge in [-0.2, -0.15) is 0 Å². The van der Waals surface area contributed by atoms with Crippen molar-refractivity contribution in [2.45, 2.75) is 31.3 Å². The number of hydrogen-bond acceptors (Lipinski definition) is 7. The first-order valence-corrected chi connectivity index (χ1v) is 6.36. The maximum Gasteiger partial charge on any atom is 0.320 e. The van der Waals surface area contributed by atoms with Gasteiger partial charge in [-0.25, -0.2) is 0 Å². The van der Waals surface area contributed by atoms with E-state index in [9.17, 15) is 19.2 Å². The Morgan fingerprint density at radius 2 is 1.53 bits per heavy atom. The molecule has 0 saturated carbocycles. The zero-order valence-corrected chi connectivity index (χ0v) is 10.9.